The third-order valence-electron chi connectivity index (χ3n) is 11.6. The van der Waals surface area contributed by atoms with E-state index in [4.69, 9.17) is 19.4 Å². The number of aromatic nitrogens is 4. The summed E-state index contributed by atoms with van der Waals surface area (Å²) in [6.45, 7) is 0. The maximum atomic E-state index is 6.72. The van der Waals surface area contributed by atoms with Crippen LogP contribution in [0.2, 0.25) is 0 Å². The van der Waals surface area contributed by atoms with Crippen molar-refractivity contribution in [2.75, 3.05) is 0 Å². The highest BCUT2D eigenvalue weighted by Gasteiger charge is 2.23. The van der Waals surface area contributed by atoms with Crippen LogP contribution in [0.4, 0.5) is 0 Å². The second-order valence-electron chi connectivity index (χ2n) is 14.9. The molecular weight excluding hydrogens is 717 g/mol. The molecule has 4 aromatic heterocycles. The van der Waals surface area contributed by atoms with Gasteiger partial charge in [0.1, 0.15) is 11.2 Å². The zero-order valence-electron chi connectivity index (χ0n) is 30.9. The molecule has 0 spiro atoms. The fraction of sp³-hybridized carbons (Fsp3) is 0.0784. The van der Waals surface area contributed by atoms with E-state index in [0.717, 1.165) is 70.1 Å². The molecule has 5 nitrogen and oxygen atoms in total. The third kappa shape index (κ3) is 5.11. The quantitative estimate of drug-likeness (QED) is 0.176. The number of furan rings is 1. The van der Waals surface area contributed by atoms with E-state index in [1.165, 1.54) is 58.8 Å². The molecule has 10 aromatic rings. The summed E-state index contributed by atoms with van der Waals surface area (Å²) in [6, 6.07) is 49.1. The molecule has 6 aromatic carbocycles. The SMILES string of the molecule is C1=Cc2c(n(-c3cccc4oc5cc(-c6cccc7c8c(sc67)=C(c6nc(-c7ccccc7)nc(-c7ccccc7)n6)CCC=8)ccc5c34)c3ccccc23)CC1. The summed E-state index contributed by atoms with van der Waals surface area (Å²) in [5.41, 5.74) is 12.4. The summed E-state index contributed by atoms with van der Waals surface area (Å²) in [5, 5.41) is 6.10. The number of rotatable bonds is 5. The van der Waals surface area contributed by atoms with E-state index >= 15 is 0 Å². The second-order valence-corrected chi connectivity index (χ2v) is 15.9. The predicted octanol–water partition coefficient (Wildman–Crippen LogP) is 11.7. The molecule has 4 heterocycles. The van der Waals surface area contributed by atoms with Crippen molar-refractivity contribution in [3.05, 3.63) is 172 Å². The Labute approximate surface area is 332 Å². The van der Waals surface area contributed by atoms with Gasteiger partial charge < -0.3 is 8.98 Å². The minimum absolute atomic E-state index is 0.689. The minimum Gasteiger partial charge on any atom is -0.456 e. The lowest BCUT2D eigenvalue weighted by Gasteiger charge is -2.14. The lowest BCUT2D eigenvalue weighted by atomic mass is 9.99. The van der Waals surface area contributed by atoms with Gasteiger partial charge in [0.2, 0.25) is 0 Å². The number of hydrogen-bond acceptors (Lipinski definition) is 5. The first-order valence-corrected chi connectivity index (χ1v) is 20.5. The van der Waals surface area contributed by atoms with E-state index < -0.39 is 0 Å². The van der Waals surface area contributed by atoms with Gasteiger partial charge in [-0.2, -0.15) is 0 Å². The number of thiophene rings is 1. The Kier molecular flexibility index (Phi) is 7.29. The first-order valence-electron chi connectivity index (χ1n) is 19.6. The maximum absolute atomic E-state index is 6.72. The first-order chi connectivity index (χ1) is 28.3. The standard InChI is InChI=1S/C51H34N4OS/c1-3-14-31(15-4-1)49-52-50(32-16-5-2-6-17-32)54-51(53-49)40-23-12-22-38-37-21-11-20-34(47(37)57-48(38)40)33-28-29-39-45(30-33)56-44-27-13-26-43(46(39)44)55-41-24-9-7-18-35(41)36-19-8-10-25-42(36)55/h1-9,11,13-22,24,26-30H,10,12,23,25H2. The molecule has 0 fully saturated rings. The number of allylic oxidation sites excluding steroid dienone is 1. The van der Waals surface area contributed by atoms with Crippen LogP contribution in [0.3, 0.4) is 0 Å². The van der Waals surface area contributed by atoms with Crippen molar-refractivity contribution in [1.29, 1.82) is 0 Å². The summed E-state index contributed by atoms with van der Waals surface area (Å²) >= 11 is 1.84. The van der Waals surface area contributed by atoms with E-state index in [1.54, 1.807) is 0 Å². The average Bonchev–Trinajstić information content (AvgIpc) is 3.96. The Morgan fingerprint density at radius 1 is 0.579 bits per heavy atom. The van der Waals surface area contributed by atoms with Gasteiger partial charge in [-0.05, 0) is 72.4 Å². The van der Waals surface area contributed by atoms with Crippen molar-refractivity contribution in [3.63, 3.8) is 0 Å². The van der Waals surface area contributed by atoms with Gasteiger partial charge in [0.25, 0.3) is 0 Å². The largest absolute Gasteiger partial charge is 0.456 e. The summed E-state index contributed by atoms with van der Waals surface area (Å²) in [5.74, 6) is 2.13. The van der Waals surface area contributed by atoms with Crippen LogP contribution in [-0.4, -0.2) is 19.5 Å². The molecule has 0 aliphatic heterocycles. The molecule has 2 aliphatic rings. The molecule has 0 unspecified atom stereocenters. The summed E-state index contributed by atoms with van der Waals surface area (Å²) in [6.07, 6.45) is 10.8. The normalized spacial score (nSPS) is 13.7. The monoisotopic (exact) mass is 750 g/mol. The average molecular weight is 751 g/mol. The van der Waals surface area contributed by atoms with Crippen LogP contribution in [0, 0.1) is 0 Å². The van der Waals surface area contributed by atoms with Crippen LogP contribution in [0.1, 0.15) is 36.3 Å². The van der Waals surface area contributed by atoms with E-state index in [2.05, 4.69) is 126 Å². The lowest BCUT2D eigenvalue weighted by Crippen LogP contribution is -2.26. The highest BCUT2D eigenvalue weighted by Crippen LogP contribution is 2.41. The number of hydrogen-bond donors (Lipinski definition) is 0. The second kappa shape index (κ2) is 12.8. The van der Waals surface area contributed by atoms with Gasteiger partial charge in [0, 0.05) is 53.3 Å². The molecular formula is C51H34N4OS. The lowest BCUT2D eigenvalue weighted by molar-refractivity contribution is 0.669. The third-order valence-corrected chi connectivity index (χ3v) is 12.9. The fourth-order valence-electron chi connectivity index (χ4n) is 9.03. The predicted molar refractivity (Wildman–Crippen MR) is 235 cm³/mol. The van der Waals surface area contributed by atoms with Crippen molar-refractivity contribution in [3.8, 4) is 39.6 Å². The summed E-state index contributed by atoms with van der Waals surface area (Å²) in [4.78, 5) is 15.2. The molecule has 0 N–H and O–H groups in total. The molecule has 0 saturated carbocycles. The number of para-hydroxylation sites is 1. The van der Waals surface area contributed by atoms with Crippen molar-refractivity contribution >= 4 is 72.0 Å². The smallest absolute Gasteiger partial charge is 0.164 e. The number of benzene rings is 6. The molecule has 0 atom stereocenters. The van der Waals surface area contributed by atoms with Crippen molar-refractivity contribution in [1.82, 2.24) is 19.5 Å². The molecule has 12 rings (SSSR count). The van der Waals surface area contributed by atoms with E-state index in [1.807, 2.05) is 47.7 Å². The zero-order chi connectivity index (χ0) is 37.5. The first kappa shape index (κ1) is 32.4. The minimum atomic E-state index is 0.689. The summed E-state index contributed by atoms with van der Waals surface area (Å²) < 4.78 is 11.7. The Balaban J connectivity index is 1.03. The Bertz CT molecular complexity index is 3350. The number of fused-ring (bicyclic) bond motifs is 9. The Hall–Kier alpha value is -6.89. The van der Waals surface area contributed by atoms with Crippen LogP contribution in [0.5, 0.6) is 0 Å². The van der Waals surface area contributed by atoms with Gasteiger partial charge in [0.15, 0.2) is 17.5 Å². The maximum Gasteiger partial charge on any atom is 0.164 e. The van der Waals surface area contributed by atoms with Crippen LogP contribution in [0.15, 0.2) is 150 Å². The van der Waals surface area contributed by atoms with Gasteiger partial charge in [-0.25, -0.2) is 15.0 Å². The molecule has 0 saturated heterocycles. The molecule has 0 amide bonds. The van der Waals surface area contributed by atoms with E-state index in [-0.39, 0.29) is 0 Å². The van der Waals surface area contributed by atoms with Gasteiger partial charge in [-0.3, -0.25) is 0 Å². The highest BCUT2D eigenvalue weighted by atomic mass is 32.1. The summed E-state index contributed by atoms with van der Waals surface area (Å²) in [7, 11) is 0. The van der Waals surface area contributed by atoms with Gasteiger partial charge >= 0.3 is 0 Å². The Morgan fingerprint density at radius 3 is 2.14 bits per heavy atom. The van der Waals surface area contributed by atoms with Crippen LogP contribution >= 0.6 is 11.3 Å². The van der Waals surface area contributed by atoms with Crippen LogP contribution in [-0.2, 0) is 6.42 Å². The molecule has 0 bridgehead atoms. The van der Waals surface area contributed by atoms with Gasteiger partial charge in [0.05, 0.1) is 16.6 Å². The van der Waals surface area contributed by atoms with E-state index in [9.17, 15) is 0 Å². The van der Waals surface area contributed by atoms with Crippen molar-refractivity contribution in [2.45, 2.75) is 25.7 Å². The Morgan fingerprint density at radius 2 is 1.32 bits per heavy atom. The zero-order valence-corrected chi connectivity index (χ0v) is 31.8. The fourth-order valence-corrected chi connectivity index (χ4v) is 10.4. The molecule has 2 aliphatic carbocycles. The van der Waals surface area contributed by atoms with Crippen LogP contribution < -0.4 is 9.75 Å². The van der Waals surface area contributed by atoms with Crippen LogP contribution in [0.25, 0.3) is 100 Å². The molecule has 6 heteroatoms. The van der Waals surface area contributed by atoms with Crippen molar-refractivity contribution < 1.29 is 4.42 Å². The topological polar surface area (TPSA) is 56.7 Å². The molecule has 270 valence electrons. The molecule has 57 heavy (non-hydrogen) atoms. The number of nitrogens with zero attached hydrogens (tertiary/aromatic N) is 4. The van der Waals surface area contributed by atoms with Gasteiger partial charge in [-0.15, -0.1) is 11.3 Å². The van der Waals surface area contributed by atoms with Gasteiger partial charge in [-0.1, -0.05) is 127 Å². The highest BCUT2D eigenvalue weighted by molar-refractivity contribution is 7.17. The van der Waals surface area contributed by atoms with Crippen molar-refractivity contribution in [2.24, 2.45) is 0 Å². The molecule has 0 radical (unpaired) electrons. The van der Waals surface area contributed by atoms with E-state index in [0.29, 0.717) is 11.6 Å².